The van der Waals surface area contributed by atoms with Crippen LogP contribution in [0, 0.1) is 23.7 Å². The summed E-state index contributed by atoms with van der Waals surface area (Å²) in [5.74, 6) is 4.22. The molecule has 2 bridgehead atoms. The molecule has 1 heterocycles. The van der Waals surface area contributed by atoms with Crippen LogP contribution in [0.15, 0.2) is 6.33 Å². The molecule has 1 aromatic heterocycles. The van der Waals surface area contributed by atoms with Crippen LogP contribution in [0.2, 0.25) is 0 Å². The number of nitrogens with zero attached hydrogens (tertiary/aromatic N) is 3. The van der Waals surface area contributed by atoms with Crippen LogP contribution in [-0.4, -0.2) is 14.8 Å². The van der Waals surface area contributed by atoms with Crippen molar-refractivity contribution in [3.63, 3.8) is 0 Å². The molecule has 0 aromatic carbocycles. The maximum atomic E-state index is 5.54. The Balaban J connectivity index is 1.66. The van der Waals surface area contributed by atoms with E-state index in [0.29, 0.717) is 12.0 Å². The van der Waals surface area contributed by atoms with Crippen molar-refractivity contribution in [2.24, 2.45) is 23.7 Å². The van der Waals surface area contributed by atoms with Gasteiger partial charge in [0.2, 0.25) is 5.95 Å². The predicted molar refractivity (Wildman–Crippen MR) is 51.3 cm³/mol. The summed E-state index contributed by atoms with van der Waals surface area (Å²) in [6.07, 6.45) is 6.19. The Kier molecular flexibility index (Phi) is 1.10. The fourth-order valence-corrected chi connectivity index (χ4v) is 4.06. The van der Waals surface area contributed by atoms with E-state index in [4.69, 9.17) is 5.73 Å². The second-order valence-corrected chi connectivity index (χ2v) is 5.06. The fourth-order valence-electron chi connectivity index (χ4n) is 4.06. The first-order valence-corrected chi connectivity index (χ1v) is 5.51. The third-order valence-electron chi connectivity index (χ3n) is 4.53. The summed E-state index contributed by atoms with van der Waals surface area (Å²) >= 11 is 0. The first-order valence-electron chi connectivity index (χ1n) is 5.51. The Morgan fingerprint density at radius 1 is 1.29 bits per heavy atom. The van der Waals surface area contributed by atoms with Gasteiger partial charge in [0.05, 0.1) is 6.04 Å². The van der Waals surface area contributed by atoms with Crippen molar-refractivity contribution in [2.45, 2.75) is 25.3 Å². The van der Waals surface area contributed by atoms with Crippen LogP contribution in [0.1, 0.15) is 25.3 Å². The van der Waals surface area contributed by atoms with Crippen LogP contribution >= 0.6 is 0 Å². The van der Waals surface area contributed by atoms with Gasteiger partial charge in [-0.05, 0) is 42.9 Å². The molecule has 4 unspecified atom stereocenters. The maximum Gasteiger partial charge on any atom is 0.239 e. The van der Waals surface area contributed by atoms with Crippen LogP contribution < -0.4 is 5.73 Å². The average molecular weight is 190 g/mol. The standard InChI is InChI=1S/C10H14N4/c11-10-12-4-14(13-10)9-7-5-1-2-6(3-5)8(7)9/h4-9H,1-3H2,(H2,11,13). The van der Waals surface area contributed by atoms with Crippen molar-refractivity contribution in [3.05, 3.63) is 6.33 Å². The van der Waals surface area contributed by atoms with Crippen LogP contribution in [0.25, 0.3) is 0 Å². The van der Waals surface area contributed by atoms with Gasteiger partial charge in [-0.2, -0.15) is 0 Å². The Hall–Kier alpha value is -1.06. The van der Waals surface area contributed by atoms with E-state index < -0.39 is 0 Å². The zero-order valence-corrected chi connectivity index (χ0v) is 8.00. The van der Waals surface area contributed by atoms with E-state index in [-0.39, 0.29) is 0 Å². The smallest absolute Gasteiger partial charge is 0.239 e. The molecular formula is C10H14N4. The molecule has 3 aliphatic carbocycles. The molecule has 3 aliphatic rings. The highest BCUT2D eigenvalue weighted by atomic mass is 15.4. The minimum atomic E-state index is 0.419. The van der Waals surface area contributed by atoms with Crippen molar-refractivity contribution in [1.82, 2.24) is 14.8 Å². The van der Waals surface area contributed by atoms with E-state index in [1.165, 1.54) is 19.3 Å². The number of nitrogens with two attached hydrogens (primary N) is 1. The summed E-state index contributed by atoms with van der Waals surface area (Å²) in [6.45, 7) is 0. The molecular weight excluding hydrogens is 176 g/mol. The summed E-state index contributed by atoms with van der Waals surface area (Å²) in [5, 5.41) is 4.24. The van der Waals surface area contributed by atoms with Gasteiger partial charge in [0.1, 0.15) is 6.33 Å². The van der Waals surface area contributed by atoms with Gasteiger partial charge in [-0.1, -0.05) is 0 Å². The van der Waals surface area contributed by atoms with E-state index in [0.717, 1.165) is 23.7 Å². The van der Waals surface area contributed by atoms with Gasteiger partial charge in [-0.15, -0.1) is 5.10 Å². The fraction of sp³-hybridized carbons (Fsp3) is 0.800. The van der Waals surface area contributed by atoms with Crippen molar-refractivity contribution >= 4 is 5.95 Å². The van der Waals surface area contributed by atoms with Crippen molar-refractivity contribution in [2.75, 3.05) is 5.73 Å². The van der Waals surface area contributed by atoms with Gasteiger partial charge >= 0.3 is 0 Å². The molecule has 14 heavy (non-hydrogen) atoms. The monoisotopic (exact) mass is 190 g/mol. The molecule has 0 spiro atoms. The summed E-state index contributed by atoms with van der Waals surface area (Å²) in [4.78, 5) is 4.01. The molecule has 2 N–H and O–H groups in total. The zero-order valence-electron chi connectivity index (χ0n) is 8.00. The lowest BCUT2D eigenvalue weighted by Crippen LogP contribution is -2.05. The van der Waals surface area contributed by atoms with E-state index in [1.807, 2.05) is 4.68 Å². The highest BCUT2D eigenvalue weighted by Gasteiger charge is 2.66. The highest BCUT2D eigenvalue weighted by Crippen LogP contribution is 2.71. The lowest BCUT2D eigenvalue weighted by molar-refractivity contribution is 0.431. The zero-order chi connectivity index (χ0) is 9.28. The number of hydrogen-bond acceptors (Lipinski definition) is 3. The first kappa shape index (κ1) is 7.26. The quantitative estimate of drug-likeness (QED) is 0.720. The number of anilines is 1. The van der Waals surface area contributed by atoms with Gasteiger partial charge in [-0.25, -0.2) is 9.67 Å². The SMILES string of the molecule is Nc1ncn(C2C3C4CCC(C4)C32)n1. The van der Waals surface area contributed by atoms with Gasteiger partial charge in [0.15, 0.2) is 0 Å². The lowest BCUT2D eigenvalue weighted by Gasteiger charge is -2.07. The third kappa shape index (κ3) is 0.713. The van der Waals surface area contributed by atoms with Crippen LogP contribution in [0.5, 0.6) is 0 Å². The first-order chi connectivity index (χ1) is 6.84. The van der Waals surface area contributed by atoms with E-state index in [9.17, 15) is 0 Å². The van der Waals surface area contributed by atoms with Crippen LogP contribution in [-0.2, 0) is 0 Å². The number of rotatable bonds is 1. The topological polar surface area (TPSA) is 56.7 Å². The molecule has 4 heteroatoms. The molecule has 4 atom stereocenters. The molecule has 0 radical (unpaired) electrons. The highest BCUT2D eigenvalue weighted by molar-refractivity contribution is 5.17. The molecule has 3 saturated carbocycles. The molecule has 74 valence electrons. The molecule has 0 amide bonds. The molecule has 0 saturated heterocycles. The number of aromatic nitrogens is 3. The summed E-state index contributed by atoms with van der Waals surface area (Å²) in [5.41, 5.74) is 5.54. The third-order valence-corrected chi connectivity index (χ3v) is 4.53. The minimum Gasteiger partial charge on any atom is -0.367 e. The van der Waals surface area contributed by atoms with Crippen molar-refractivity contribution in [3.8, 4) is 0 Å². The Bertz CT molecular complexity index is 369. The van der Waals surface area contributed by atoms with Gasteiger partial charge in [0.25, 0.3) is 0 Å². The molecule has 4 rings (SSSR count). The summed E-state index contributed by atoms with van der Waals surface area (Å²) in [6, 6.07) is 0.644. The van der Waals surface area contributed by atoms with Gasteiger partial charge < -0.3 is 5.73 Å². The lowest BCUT2D eigenvalue weighted by atomic mass is 10.0. The number of fused-ring (bicyclic) bond motifs is 5. The van der Waals surface area contributed by atoms with Crippen LogP contribution in [0.4, 0.5) is 5.95 Å². The number of nitrogen functional groups attached to an aromatic ring is 1. The second-order valence-electron chi connectivity index (χ2n) is 5.06. The van der Waals surface area contributed by atoms with E-state index >= 15 is 0 Å². The Morgan fingerprint density at radius 2 is 2.00 bits per heavy atom. The van der Waals surface area contributed by atoms with E-state index in [2.05, 4.69) is 10.1 Å². The number of hydrogen-bond donors (Lipinski definition) is 1. The Labute approximate surface area is 82.5 Å². The average Bonchev–Trinajstić information content (AvgIpc) is 2.58. The molecule has 1 aromatic rings. The van der Waals surface area contributed by atoms with Crippen molar-refractivity contribution < 1.29 is 0 Å². The van der Waals surface area contributed by atoms with Crippen molar-refractivity contribution in [1.29, 1.82) is 0 Å². The molecule has 0 aliphatic heterocycles. The van der Waals surface area contributed by atoms with Crippen LogP contribution in [0.3, 0.4) is 0 Å². The summed E-state index contributed by atoms with van der Waals surface area (Å²) in [7, 11) is 0. The predicted octanol–water partition coefficient (Wildman–Crippen LogP) is 1.08. The molecule has 3 fully saturated rings. The Morgan fingerprint density at radius 3 is 2.57 bits per heavy atom. The minimum absolute atomic E-state index is 0.419. The van der Waals surface area contributed by atoms with Gasteiger partial charge in [-0.3, -0.25) is 0 Å². The largest absolute Gasteiger partial charge is 0.367 e. The normalized spacial score (nSPS) is 48.1. The summed E-state index contributed by atoms with van der Waals surface area (Å²) < 4.78 is 2.01. The maximum absolute atomic E-state index is 5.54. The second kappa shape index (κ2) is 2.12. The van der Waals surface area contributed by atoms with E-state index in [1.54, 1.807) is 6.33 Å². The van der Waals surface area contributed by atoms with Gasteiger partial charge in [0, 0.05) is 0 Å². The molecule has 4 nitrogen and oxygen atoms in total.